The lowest BCUT2D eigenvalue weighted by Gasteiger charge is -2.26. The van der Waals surface area contributed by atoms with Crippen LogP contribution >= 0.6 is 0 Å². The molecule has 0 fully saturated rings. The maximum atomic E-state index is 12.5. The van der Waals surface area contributed by atoms with Crippen molar-refractivity contribution in [2.24, 2.45) is 5.92 Å². The van der Waals surface area contributed by atoms with Gasteiger partial charge >= 0.3 is 0 Å². The van der Waals surface area contributed by atoms with Crippen LogP contribution in [-0.4, -0.2) is 40.6 Å². The van der Waals surface area contributed by atoms with Crippen molar-refractivity contribution in [3.05, 3.63) is 29.6 Å². The first-order chi connectivity index (χ1) is 9.47. The zero-order valence-corrected chi connectivity index (χ0v) is 12.6. The summed E-state index contributed by atoms with van der Waals surface area (Å²) in [6, 6.07) is 1.83. The third-order valence-corrected chi connectivity index (χ3v) is 3.15. The van der Waals surface area contributed by atoms with Gasteiger partial charge in [-0.3, -0.25) is 9.78 Å². The largest absolute Gasteiger partial charge is 0.384 e. The topological polar surface area (TPSA) is 53.4 Å². The van der Waals surface area contributed by atoms with E-state index in [1.807, 2.05) is 6.92 Å². The Morgan fingerprint density at radius 3 is 2.75 bits per heavy atom. The van der Waals surface area contributed by atoms with Gasteiger partial charge in [-0.2, -0.15) is 0 Å². The molecule has 1 N–H and O–H groups in total. The molecule has 108 valence electrons. The summed E-state index contributed by atoms with van der Waals surface area (Å²) in [5.41, 5.74) is 1.08. The maximum absolute atomic E-state index is 12.5. The fourth-order valence-corrected chi connectivity index (χ4v) is 2.05. The van der Waals surface area contributed by atoms with Gasteiger partial charge in [-0.25, -0.2) is 0 Å². The summed E-state index contributed by atoms with van der Waals surface area (Å²) in [5.74, 6) is 5.79. The van der Waals surface area contributed by atoms with Crippen LogP contribution < -0.4 is 0 Å². The van der Waals surface area contributed by atoms with Crippen LogP contribution in [0.1, 0.15) is 43.1 Å². The van der Waals surface area contributed by atoms with E-state index in [0.717, 1.165) is 6.42 Å². The number of carbonyl (C=O) groups is 1. The summed E-state index contributed by atoms with van der Waals surface area (Å²) in [6.07, 6.45) is 4.08. The fraction of sp³-hybridized carbons (Fsp3) is 0.500. The average molecular weight is 274 g/mol. The van der Waals surface area contributed by atoms with Gasteiger partial charge in [-0.15, -0.1) is 0 Å². The molecular formula is C16H22N2O2. The molecule has 0 bridgehead atoms. The minimum absolute atomic E-state index is 0.0669. The summed E-state index contributed by atoms with van der Waals surface area (Å²) in [4.78, 5) is 18.2. The predicted molar refractivity (Wildman–Crippen MR) is 79.2 cm³/mol. The van der Waals surface area contributed by atoms with Crippen molar-refractivity contribution >= 4 is 5.91 Å². The molecule has 1 heterocycles. The molecule has 0 aromatic carbocycles. The minimum Gasteiger partial charge on any atom is -0.384 e. The molecule has 1 unspecified atom stereocenters. The van der Waals surface area contributed by atoms with Gasteiger partial charge < -0.3 is 10.0 Å². The Labute approximate surface area is 120 Å². The number of carbonyl (C=O) groups excluding carboxylic acids is 1. The number of hydrogen-bond donors (Lipinski definition) is 1. The summed E-state index contributed by atoms with van der Waals surface area (Å²) < 4.78 is 0. The fourth-order valence-electron chi connectivity index (χ4n) is 2.05. The number of rotatable bonds is 4. The monoisotopic (exact) mass is 274 g/mol. The molecule has 1 aromatic rings. The van der Waals surface area contributed by atoms with Crippen LogP contribution in [0.3, 0.4) is 0 Å². The Morgan fingerprint density at radius 1 is 1.45 bits per heavy atom. The summed E-state index contributed by atoms with van der Waals surface area (Å²) >= 11 is 0. The number of aliphatic hydroxyl groups is 1. The first-order valence-corrected chi connectivity index (χ1v) is 6.78. The second-order valence-corrected chi connectivity index (χ2v) is 5.28. The Balaban J connectivity index is 2.97. The van der Waals surface area contributed by atoms with Crippen LogP contribution in [-0.2, 0) is 0 Å². The van der Waals surface area contributed by atoms with E-state index in [9.17, 15) is 4.79 Å². The van der Waals surface area contributed by atoms with E-state index in [2.05, 4.69) is 30.7 Å². The second kappa shape index (κ2) is 7.66. The van der Waals surface area contributed by atoms with Gasteiger partial charge in [0.2, 0.25) is 0 Å². The molecule has 4 nitrogen and oxygen atoms in total. The first-order valence-electron chi connectivity index (χ1n) is 6.78. The minimum atomic E-state index is -0.234. The van der Waals surface area contributed by atoms with Crippen molar-refractivity contribution in [2.75, 3.05) is 13.7 Å². The van der Waals surface area contributed by atoms with Gasteiger partial charge in [0.1, 0.15) is 6.61 Å². The molecule has 1 atom stereocenters. The average Bonchev–Trinajstić information content (AvgIpc) is 2.43. The highest BCUT2D eigenvalue weighted by Gasteiger charge is 2.20. The summed E-state index contributed by atoms with van der Waals surface area (Å²) in [7, 11) is 1.80. The Morgan fingerprint density at radius 2 is 2.15 bits per heavy atom. The van der Waals surface area contributed by atoms with Crippen molar-refractivity contribution < 1.29 is 9.90 Å². The molecule has 0 saturated carbocycles. The Kier molecular flexibility index (Phi) is 6.20. The summed E-state index contributed by atoms with van der Waals surface area (Å²) in [5, 5.41) is 8.76. The molecule has 1 rings (SSSR count). The van der Waals surface area contributed by atoms with Gasteiger partial charge in [0.05, 0.1) is 11.1 Å². The van der Waals surface area contributed by atoms with Crippen molar-refractivity contribution in [3.8, 4) is 11.8 Å². The van der Waals surface area contributed by atoms with E-state index in [1.165, 1.54) is 0 Å². The third kappa shape index (κ3) is 4.36. The molecule has 0 aliphatic rings. The number of pyridine rings is 1. The lowest BCUT2D eigenvalue weighted by Crippen LogP contribution is -2.36. The van der Waals surface area contributed by atoms with E-state index in [0.29, 0.717) is 17.0 Å². The van der Waals surface area contributed by atoms with Crippen molar-refractivity contribution in [1.82, 2.24) is 9.88 Å². The van der Waals surface area contributed by atoms with Gasteiger partial charge in [-0.05, 0) is 25.3 Å². The molecule has 0 radical (unpaired) electrons. The van der Waals surface area contributed by atoms with Crippen molar-refractivity contribution in [1.29, 1.82) is 0 Å². The highest BCUT2D eigenvalue weighted by atomic mass is 16.2. The van der Waals surface area contributed by atoms with Gasteiger partial charge in [-0.1, -0.05) is 25.7 Å². The molecule has 1 aromatic heterocycles. The van der Waals surface area contributed by atoms with Crippen LogP contribution in [0.15, 0.2) is 18.5 Å². The van der Waals surface area contributed by atoms with Crippen LogP contribution in [0.25, 0.3) is 0 Å². The number of aliphatic hydroxyl groups excluding tert-OH is 1. The molecule has 1 amide bonds. The Bertz CT molecular complexity index is 515. The van der Waals surface area contributed by atoms with Crippen LogP contribution in [0, 0.1) is 17.8 Å². The lowest BCUT2D eigenvalue weighted by atomic mass is 10.0. The van der Waals surface area contributed by atoms with Gasteiger partial charge in [0.15, 0.2) is 0 Å². The van der Waals surface area contributed by atoms with Gasteiger partial charge in [0, 0.05) is 25.5 Å². The van der Waals surface area contributed by atoms with E-state index in [1.54, 1.807) is 30.4 Å². The smallest absolute Gasteiger partial charge is 0.255 e. The van der Waals surface area contributed by atoms with Crippen LogP contribution in [0.2, 0.25) is 0 Å². The zero-order valence-electron chi connectivity index (χ0n) is 12.6. The predicted octanol–water partition coefficient (Wildman–Crippen LogP) is 1.93. The molecule has 0 saturated heterocycles. The molecule has 0 spiro atoms. The lowest BCUT2D eigenvalue weighted by molar-refractivity contribution is 0.0728. The van der Waals surface area contributed by atoms with E-state index in [-0.39, 0.29) is 18.6 Å². The van der Waals surface area contributed by atoms with Crippen LogP contribution in [0.4, 0.5) is 0 Å². The highest BCUT2D eigenvalue weighted by molar-refractivity contribution is 5.96. The van der Waals surface area contributed by atoms with Crippen molar-refractivity contribution in [3.63, 3.8) is 0 Å². The summed E-state index contributed by atoms with van der Waals surface area (Å²) in [6.45, 7) is 6.08. The second-order valence-electron chi connectivity index (χ2n) is 5.28. The van der Waals surface area contributed by atoms with E-state index < -0.39 is 0 Å². The normalized spacial score (nSPS) is 11.7. The van der Waals surface area contributed by atoms with E-state index in [4.69, 9.17) is 5.11 Å². The highest BCUT2D eigenvalue weighted by Crippen LogP contribution is 2.15. The number of amides is 1. The van der Waals surface area contributed by atoms with Crippen molar-refractivity contribution in [2.45, 2.75) is 33.2 Å². The van der Waals surface area contributed by atoms with Crippen LogP contribution in [0.5, 0.6) is 0 Å². The standard InChI is InChI=1S/C16H22N2O2/c1-12(2)10-13(3)18(4)16(20)15-7-8-17-11-14(15)6-5-9-19/h7-8,11-13,19H,9-10H2,1-4H3. The molecule has 0 aliphatic carbocycles. The Hall–Kier alpha value is -1.86. The number of nitrogens with zero attached hydrogens (tertiary/aromatic N) is 2. The third-order valence-electron chi connectivity index (χ3n) is 3.15. The number of aromatic nitrogens is 1. The SMILES string of the molecule is CC(C)CC(C)N(C)C(=O)c1ccncc1C#CCO. The number of hydrogen-bond acceptors (Lipinski definition) is 3. The van der Waals surface area contributed by atoms with Gasteiger partial charge in [0.25, 0.3) is 5.91 Å². The maximum Gasteiger partial charge on any atom is 0.255 e. The molecule has 4 heteroatoms. The molecule has 20 heavy (non-hydrogen) atoms. The first kappa shape index (κ1) is 16.2. The zero-order chi connectivity index (χ0) is 15.1. The molecular weight excluding hydrogens is 252 g/mol. The quantitative estimate of drug-likeness (QED) is 0.854. The molecule has 0 aliphatic heterocycles. The van der Waals surface area contributed by atoms with E-state index >= 15 is 0 Å².